The van der Waals surface area contributed by atoms with Crippen molar-refractivity contribution in [2.75, 3.05) is 19.0 Å². The minimum Gasteiger partial charge on any atom is -0.363 e. The summed E-state index contributed by atoms with van der Waals surface area (Å²) in [4.78, 5) is 10.9. The van der Waals surface area contributed by atoms with Crippen molar-refractivity contribution in [3.8, 4) is 0 Å². The highest BCUT2D eigenvalue weighted by Crippen LogP contribution is 2.49. The number of aromatic nitrogens is 2. The van der Waals surface area contributed by atoms with Crippen LogP contribution < -0.4 is 4.90 Å². The van der Waals surface area contributed by atoms with E-state index >= 15 is 0 Å². The molecule has 2 aromatic heterocycles. The zero-order valence-corrected chi connectivity index (χ0v) is 17.5. The van der Waals surface area contributed by atoms with Crippen LogP contribution in [0.25, 0.3) is 0 Å². The van der Waals surface area contributed by atoms with E-state index in [1.807, 2.05) is 25.9 Å². The molecule has 0 aromatic carbocycles. The van der Waals surface area contributed by atoms with Crippen molar-refractivity contribution in [2.45, 2.75) is 86.0 Å². The molecule has 2 aliphatic carbocycles. The molecule has 0 aliphatic heterocycles. The standard InChI is InChI=1S/C12H18N2.C11H15N.2CH4/c1-9-7-11(14(3)4)13-8-10(9)12(2)5-6-12;1-8-6-9(2)12-7-10(8)11(3)4-5-11;;/h7-8H,5-6H2,1-4H3;6-7H,4-5H2,1-3H3;2*1H4. The average Bonchev–Trinajstić information content (AvgIpc) is 3.48. The van der Waals surface area contributed by atoms with Crippen LogP contribution in [0.4, 0.5) is 5.82 Å². The summed E-state index contributed by atoms with van der Waals surface area (Å²) in [6, 6.07) is 4.36. The normalized spacial score (nSPS) is 17.2. The van der Waals surface area contributed by atoms with Crippen LogP contribution in [0.3, 0.4) is 0 Å². The lowest BCUT2D eigenvalue weighted by atomic mass is 9.95. The molecule has 2 aromatic rings. The number of rotatable bonds is 3. The third-order valence-electron chi connectivity index (χ3n) is 6.10. The Labute approximate surface area is 173 Å². The highest BCUT2D eigenvalue weighted by atomic mass is 15.1. The Morgan fingerprint density at radius 3 is 1.54 bits per heavy atom. The van der Waals surface area contributed by atoms with E-state index in [0.29, 0.717) is 10.8 Å². The molecule has 156 valence electrons. The molecule has 0 radical (unpaired) electrons. The van der Waals surface area contributed by atoms with Gasteiger partial charge in [-0.1, -0.05) is 28.7 Å². The lowest BCUT2D eigenvalue weighted by Crippen LogP contribution is -2.12. The molecule has 0 N–H and O–H groups in total. The predicted octanol–water partition coefficient (Wildman–Crippen LogP) is 6.53. The van der Waals surface area contributed by atoms with Crippen molar-refractivity contribution in [1.29, 1.82) is 0 Å². The molecule has 3 nitrogen and oxygen atoms in total. The van der Waals surface area contributed by atoms with Crippen LogP contribution in [0.15, 0.2) is 24.5 Å². The van der Waals surface area contributed by atoms with Gasteiger partial charge in [-0.25, -0.2) is 4.98 Å². The summed E-state index contributed by atoms with van der Waals surface area (Å²) in [6.45, 7) is 11.1. The molecule has 2 fully saturated rings. The molecule has 4 rings (SSSR count). The van der Waals surface area contributed by atoms with E-state index in [2.05, 4.69) is 62.2 Å². The molecule has 2 aliphatic rings. The summed E-state index contributed by atoms with van der Waals surface area (Å²) in [5.74, 6) is 1.05. The maximum Gasteiger partial charge on any atom is 0.128 e. The second kappa shape index (κ2) is 8.63. The van der Waals surface area contributed by atoms with Gasteiger partial charge in [0.25, 0.3) is 0 Å². The first kappa shape index (κ1) is 24.1. The Morgan fingerprint density at radius 2 is 1.18 bits per heavy atom. The fourth-order valence-corrected chi connectivity index (χ4v) is 3.66. The topological polar surface area (TPSA) is 29.0 Å². The van der Waals surface area contributed by atoms with Gasteiger partial charge in [0, 0.05) is 32.2 Å². The smallest absolute Gasteiger partial charge is 0.128 e. The first-order valence-corrected chi connectivity index (χ1v) is 9.73. The van der Waals surface area contributed by atoms with Gasteiger partial charge in [0.1, 0.15) is 5.82 Å². The van der Waals surface area contributed by atoms with Gasteiger partial charge >= 0.3 is 0 Å². The number of hydrogen-bond acceptors (Lipinski definition) is 3. The van der Waals surface area contributed by atoms with Gasteiger partial charge in [-0.05, 0) is 91.7 Å². The van der Waals surface area contributed by atoms with Crippen LogP contribution in [0.5, 0.6) is 0 Å². The Morgan fingerprint density at radius 1 is 0.750 bits per heavy atom. The van der Waals surface area contributed by atoms with Crippen LogP contribution in [0.2, 0.25) is 0 Å². The second-order valence-corrected chi connectivity index (χ2v) is 9.01. The summed E-state index contributed by atoms with van der Waals surface area (Å²) in [6.07, 6.45) is 9.40. The molecular weight excluding hydrogens is 342 g/mol. The third-order valence-corrected chi connectivity index (χ3v) is 6.10. The summed E-state index contributed by atoms with van der Waals surface area (Å²) >= 11 is 0. The van der Waals surface area contributed by atoms with Gasteiger partial charge in [-0.2, -0.15) is 0 Å². The van der Waals surface area contributed by atoms with Crippen molar-refractivity contribution in [2.24, 2.45) is 0 Å². The van der Waals surface area contributed by atoms with Crippen molar-refractivity contribution >= 4 is 5.82 Å². The largest absolute Gasteiger partial charge is 0.363 e. The Balaban J connectivity index is 0.000000264. The van der Waals surface area contributed by atoms with Gasteiger partial charge in [0.05, 0.1) is 0 Å². The van der Waals surface area contributed by atoms with Crippen molar-refractivity contribution in [3.05, 3.63) is 52.5 Å². The molecule has 0 amide bonds. The monoisotopic (exact) mass is 383 g/mol. The molecule has 2 saturated carbocycles. The quantitative estimate of drug-likeness (QED) is 0.603. The molecule has 0 bridgehead atoms. The number of anilines is 1. The summed E-state index contributed by atoms with van der Waals surface area (Å²) in [7, 11) is 4.06. The second-order valence-electron chi connectivity index (χ2n) is 9.01. The number of hydrogen-bond donors (Lipinski definition) is 0. The van der Waals surface area contributed by atoms with Gasteiger partial charge in [0.15, 0.2) is 0 Å². The third kappa shape index (κ3) is 5.12. The molecule has 0 unspecified atom stereocenters. The molecule has 3 heteroatoms. The molecule has 28 heavy (non-hydrogen) atoms. The molecule has 0 spiro atoms. The fourth-order valence-electron chi connectivity index (χ4n) is 3.66. The summed E-state index contributed by atoms with van der Waals surface area (Å²) < 4.78 is 0. The maximum absolute atomic E-state index is 4.47. The number of nitrogens with zero attached hydrogens (tertiary/aromatic N) is 3. The Kier molecular flexibility index (Phi) is 7.44. The predicted molar refractivity (Wildman–Crippen MR) is 124 cm³/mol. The van der Waals surface area contributed by atoms with Gasteiger partial charge < -0.3 is 4.90 Å². The zero-order valence-electron chi connectivity index (χ0n) is 17.5. The lowest BCUT2D eigenvalue weighted by Gasteiger charge is -2.16. The van der Waals surface area contributed by atoms with Crippen molar-refractivity contribution in [1.82, 2.24) is 9.97 Å². The highest BCUT2D eigenvalue weighted by molar-refractivity contribution is 5.45. The summed E-state index contributed by atoms with van der Waals surface area (Å²) in [5.41, 5.74) is 7.69. The maximum atomic E-state index is 4.47. The lowest BCUT2D eigenvalue weighted by molar-refractivity contribution is 0.770. The zero-order chi connectivity index (χ0) is 19.1. The van der Waals surface area contributed by atoms with Gasteiger partial charge in [0.2, 0.25) is 0 Å². The van der Waals surface area contributed by atoms with Crippen molar-refractivity contribution < 1.29 is 0 Å². The van der Waals surface area contributed by atoms with Crippen LogP contribution in [-0.4, -0.2) is 24.1 Å². The first-order chi connectivity index (χ1) is 12.1. The van der Waals surface area contributed by atoms with Crippen LogP contribution in [-0.2, 0) is 10.8 Å². The Bertz CT molecular complexity index is 799. The van der Waals surface area contributed by atoms with Crippen LogP contribution >= 0.6 is 0 Å². The van der Waals surface area contributed by atoms with Crippen LogP contribution in [0.1, 0.15) is 82.3 Å². The van der Waals surface area contributed by atoms with Gasteiger partial charge in [-0.15, -0.1) is 0 Å². The minimum atomic E-state index is 0. The Hall–Kier alpha value is -1.90. The van der Waals surface area contributed by atoms with E-state index in [1.54, 1.807) is 0 Å². The first-order valence-electron chi connectivity index (χ1n) is 9.73. The molecule has 0 atom stereocenters. The van der Waals surface area contributed by atoms with E-state index in [1.165, 1.54) is 47.9 Å². The SMILES string of the molecule is C.C.Cc1cc(C)c(C2(C)CC2)cn1.Cc1cc(N(C)C)ncc1C1(C)CC1. The highest BCUT2D eigenvalue weighted by Gasteiger charge is 2.40. The van der Waals surface area contributed by atoms with Crippen molar-refractivity contribution in [3.63, 3.8) is 0 Å². The van der Waals surface area contributed by atoms with E-state index in [-0.39, 0.29) is 14.9 Å². The number of aryl methyl sites for hydroxylation is 3. The minimum absolute atomic E-state index is 0. The molecule has 2 heterocycles. The van der Waals surface area contributed by atoms with Crippen LogP contribution in [0, 0.1) is 20.8 Å². The molecular formula is C25H41N3. The molecule has 0 saturated heterocycles. The van der Waals surface area contributed by atoms with E-state index in [9.17, 15) is 0 Å². The average molecular weight is 384 g/mol. The van der Waals surface area contributed by atoms with E-state index in [0.717, 1.165) is 11.5 Å². The van der Waals surface area contributed by atoms with Gasteiger partial charge in [-0.3, -0.25) is 4.98 Å². The van der Waals surface area contributed by atoms with E-state index in [4.69, 9.17) is 0 Å². The van der Waals surface area contributed by atoms with E-state index < -0.39 is 0 Å². The number of pyridine rings is 2. The fraction of sp³-hybridized carbons (Fsp3) is 0.600. The summed E-state index contributed by atoms with van der Waals surface area (Å²) in [5, 5.41) is 0.